The van der Waals surface area contributed by atoms with Gasteiger partial charge in [-0.1, -0.05) is 12.8 Å². The third-order valence-electron chi connectivity index (χ3n) is 3.67. The maximum Gasteiger partial charge on any atom is 0.00965 e. The third-order valence-corrected chi connectivity index (χ3v) is 3.67. The van der Waals surface area contributed by atoms with Crippen molar-refractivity contribution in [2.45, 2.75) is 64.8 Å². The monoisotopic (exact) mass is 240 g/mol. The smallest absolute Gasteiger partial charge is 0.00965 e. The molecule has 1 rings (SSSR count). The normalized spacial score (nSPS) is 18.2. The molecule has 1 aliphatic rings. The van der Waals surface area contributed by atoms with Gasteiger partial charge in [0.05, 0.1) is 0 Å². The Balaban J connectivity index is 1.94. The first-order chi connectivity index (χ1) is 7.97. The number of nitrogens with one attached hydrogen (secondary N) is 1. The van der Waals surface area contributed by atoms with Crippen molar-refractivity contribution < 1.29 is 0 Å². The number of hydrogen-bond donors (Lipinski definition) is 1. The quantitative estimate of drug-likeness (QED) is 0.687. The maximum absolute atomic E-state index is 3.55. The highest BCUT2D eigenvalue weighted by Crippen LogP contribution is 2.25. The average Bonchev–Trinajstić information content (AvgIpc) is 2.68. The minimum Gasteiger partial charge on any atom is -0.312 e. The molecule has 1 fully saturated rings. The highest BCUT2D eigenvalue weighted by Gasteiger charge is 2.16. The van der Waals surface area contributed by atoms with E-state index in [1.807, 2.05) is 0 Å². The van der Waals surface area contributed by atoms with Crippen molar-refractivity contribution in [2.24, 2.45) is 5.92 Å². The van der Waals surface area contributed by atoms with E-state index in [9.17, 15) is 0 Å². The van der Waals surface area contributed by atoms with E-state index < -0.39 is 0 Å². The molecule has 0 aromatic carbocycles. The Bertz CT molecular complexity index is 190. The van der Waals surface area contributed by atoms with Gasteiger partial charge in [-0.25, -0.2) is 0 Å². The maximum atomic E-state index is 3.55. The summed E-state index contributed by atoms with van der Waals surface area (Å²) in [7, 11) is 2.29. The molecule has 1 N–H and O–H groups in total. The minimum absolute atomic E-state index is 0.274. The summed E-state index contributed by atoms with van der Waals surface area (Å²) >= 11 is 0. The molecule has 2 heteroatoms. The van der Waals surface area contributed by atoms with Crippen LogP contribution in [-0.2, 0) is 0 Å². The van der Waals surface area contributed by atoms with E-state index in [0.717, 1.165) is 12.5 Å². The fourth-order valence-corrected chi connectivity index (χ4v) is 2.70. The summed E-state index contributed by atoms with van der Waals surface area (Å²) in [6, 6.07) is 0. The topological polar surface area (TPSA) is 15.3 Å². The van der Waals surface area contributed by atoms with E-state index >= 15 is 0 Å². The van der Waals surface area contributed by atoms with Gasteiger partial charge in [-0.05, 0) is 72.5 Å². The Morgan fingerprint density at radius 1 is 1.12 bits per heavy atom. The number of hydrogen-bond acceptors (Lipinski definition) is 2. The van der Waals surface area contributed by atoms with Crippen LogP contribution in [0.4, 0.5) is 0 Å². The molecule has 0 unspecified atom stereocenters. The van der Waals surface area contributed by atoms with E-state index in [1.165, 1.54) is 51.6 Å². The van der Waals surface area contributed by atoms with Gasteiger partial charge in [0, 0.05) is 12.1 Å². The van der Waals surface area contributed by atoms with Gasteiger partial charge in [-0.15, -0.1) is 0 Å². The van der Waals surface area contributed by atoms with Gasteiger partial charge in [0.15, 0.2) is 0 Å². The standard InChI is InChI=1S/C15H32N2/c1-15(2,3)16-11-7-8-12-17(4)13-14-9-5-6-10-14/h14,16H,5-13H2,1-4H3. The molecule has 0 heterocycles. The molecular formula is C15H32N2. The van der Waals surface area contributed by atoms with Crippen molar-refractivity contribution in [1.82, 2.24) is 10.2 Å². The Kier molecular flexibility index (Phi) is 6.50. The summed E-state index contributed by atoms with van der Waals surface area (Å²) in [6.07, 6.45) is 8.49. The van der Waals surface area contributed by atoms with Crippen LogP contribution in [0.1, 0.15) is 59.3 Å². The molecule has 0 spiro atoms. The summed E-state index contributed by atoms with van der Waals surface area (Å²) in [5.41, 5.74) is 0.274. The molecule has 2 nitrogen and oxygen atoms in total. The number of unbranched alkanes of at least 4 members (excludes halogenated alkanes) is 1. The average molecular weight is 240 g/mol. The highest BCUT2D eigenvalue weighted by molar-refractivity contribution is 4.71. The highest BCUT2D eigenvalue weighted by atomic mass is 15.1. The van der Waals surface area contributed by atoms with E-state index in [2.05, 4.69) is 38.0 Å². The largest absolute Gasteiger partial charge is 0.312 e. The van der Waals surface area contributed by atoms with Crippen LogP contribution in [0, 0.1) is 5.92 Å². The molecule has 1 saturated carbocycles. The summed E-state index contributed by atoms with van der Waals surface area (Å²) in [5, 5.41) is 3.55. The van der Waals surface area contributed by atoms with Gasteiger partial charge < -0.3 is 10.2 Å². The summed E-state index contributed by atoms with van der Waals surface area (Å²) in [6.45, 7) is 10.5. The van der Waals surface area contributed by atoms with Gasteiger partial charge in [0.2, 0.25) is 0 Å². The molecule has 0 bridgehead atoms. The summed E-state index contributed by atoms with van der Waals surface area (Å²) in [4.78, 5) is 2.53. The van der Waals surface area contributed by atoms with E-state index in [-0.39, 0.29) is 5.54 Å². The van der Waals surface area contributed by atoms with Crippen LogP contribution in [0.5, 0.6) is 0 Å². The van der Waals surface area contributed by atoms with Crippen molar-refractivity contribution in [1.29, 1.82) is 0 Å². The molecule has 0 aliphatic heterocycles. The molecule has 0 aromatic rings. The Labute approximate surface area is 108 Å². The number of rotatable bonds is 7. The Morgan fingerprint density at radius 2 is 1.76 bits per heavy atom. The first kappa shape index (κ1) is 15.0. The second-order valence-electron chi connectivity index (χ2n) is 6.80. The molecule has 0 aromatic heterocycles. The summed E-state index contributed by atoms with van der Waals surface area (Å²) in [5.74, 6) is 0.993. The lowest BCUT2D eigenvalue weighted by Gasteiger charge is -2.22. The molecule has 0 radical (unpaired) electrons. The van der Waals surface area contributed by atoms with Gasteiger partial charge >= 0.3 is 0 Å². The predicted molar refractivity (Wildman–Crippen MR) is 76.4 cm³/mol. The first-order valence-corrected chi connectivity index (χ1v) is 7.41. The lowest BCUT2D eigenvalue weighted by atomic mass is 10.1. The van der Waals surface area contributed by atoms with Crippen molar-refractivity contribution in [3.63, 3.8) is 0 Å². The Morgan fingerprint density at radius 3 is 2.35 bits per heavy atom. The SMILES string of the molecule is CN(CCCCNC(C)(C)C)CC1CCCC1. The molecule has 0 amide bonds. The third kappa shape index (κ3) is 7.77. The molecule has 1 aliphatic carbocycles. The fraction of sp³-hybridized carbons (Fsp3) is 1.00. The lowest BCUT2D eigenvalue weighted by Crippen LogP contribution is -2.36. The fourth-order valence-electron chi connectivity index (χ4n) is 2.70. The molecule has 0 atom stereocenters. The second-order valence-corrected chi connectivity index (χ2v) is 6.80. The lowest BCUT2D eigenvalue weighted by molar-refractivity contribution is 0.271. The van der Waals surface area contributed by atoms with Gasteiger partial charge in [-0.2, -0.15) is 0 Å². The van der Waals surface area contributed by atoms with E-state index in [4.69, 9.17) is 0 Å². The van der Waals surface area contributed by atoms with E-state index in [1.54, 1.807) is 0 Å². The predicted octanol–water partition coefficient (Wildman–Crippen LogP) is 3.28. The molecule has 0 saturated heterocycles. The van der Waals surface area contributed by atoms with Crippen molar-refractivity contribution in [3.8, 4) is 0 Å². The zero-order chi connectivity index (χ0) is 12.7. The van der Waals surface area contributed by atoms with Crippen LogP contribution in [0.2, 0.25) is 0 Å². The zero-order valence-electron chi connectivity index (χ0n) is 12.4. The van der Waals surface area contributed by atoms with Crippen LogP contribution in [0.3, 0.4) is 0 Å². The van der Waals surface area contributed by atoms with E-state index in [0.29, 0.717) is 0 Å². The molecule has 17 heavy (non-hydrogen) atoms. The van der Waals surface area contributed by atoms with Crippen LogP contribution < -0.4 is 5.32 Å². The van der Waals surface area contributed by atoms with Gasteiger partial charge in [-0.3, -0.25) is 0 Å². The second kappa shape index (κ2) is 7.38. The Hall–Kier alpha value is -0.0800. The minimum atomic E-state index is 0.274. The number of nitrogens with zero attached hydrogens (tertiary/aromatic N) is 1. The van der Waals surface area contributed by atoms with Gasteiger partial charge in [0.1, 0.15) is 0 Å². The zero-order valence-corrected chi connectivity index (χ0v) is 12.4. The van der Waals surface area contributed by atoms with Crippen LogP contribution in [-0.4, -0.2) is 37.1 Å². The van der Waals surface area contributed by atoms with Crippen molar-refractivity contribution in [2.75, 3.05) is 26.7 Å². The molecule has 102 valence electrons. The molecular weight excluding hydrogens is 208 g/mol. The van der Waals surface area contributed by atoms with Crippen molar-refractivity contribution in [3.05, 3.63) is 0 Å². The van der Waals surface area contributed by atoms with Crippen LogP contribution >= 0.6 is 0 Å². The van der Waals surface area contributed by atoms with Gasteiger partial charge in [0.25, 0.3) is 0 Å². The van der Waals surface area contributed by atoms with Crippen molar-refractivity contribution >= 4 is 0 Å². The van der Waals surface area contributed by atoms with Crippen LogP contribution in [0.15, 0.2) is 0 Å². The van der Waals surface area contributed by atoms with Crippen LogP contribution in [0.25, 0.3) is 0 Å². The first-order valence-electron chi connectivity index (χ1n) is 7.41. The summed E-state index contributed by atoms with van der Waals surface area (Å²) < 4.78 is 0.